The van der Waals surface area contributed by atoms with Crippen LogP contribution in [0.1, 0.15) is 25.8 Å². The quantitative estimate of drug-likeness (QED) is 0.821. The zero-order chi connectivity index (χ0) is 13.8. The minimum atomic E-state index is -0.331. The number of hydrogen-bond acceptors (Lipinski definition) is 3. The maximum atomic E-state index is 13.3. The molecule has 0 saturated heterocycles. The van der Waals surface area contributed by atoms with Crippen LogP contribution in [0.4, 0.5) is 10.1 Å². The summed E-state index contributed by atoms with van der Waals surface area (Å²) in [4.78, 5) is 0. The molecule has 0 radical (unpaired) electrons. The largest absolute Gasteiger partial charge is 0.394 e. The van der Waals surface area contributed by atoms with Gasteiger partial charge in [-0.15, -0.1) is 0 Å². The fraction of sp³-hybridized carbons (Fsp3) is 0.571. The van der Waals surface area contributed by atoms with Crippen molar-refractivity contribution >= 4 is 5.69 Å². The van der Waals surface area contributed by atoms with Crippen LogP contribution in [0.5, 0.6) is 0 Å². The molecule has 1 unspecified atom stereocenters. The number of anilines is 1. The highest BCUT2D eigenvalue weighted by molar-refractivity contribution is 5.46. The van der Waals surface area contributed by atoms with Gasteiger partial charge in [0.15, 0.2) is 0 Å². The van der Waals surface area contributed by atoms with Crippen LogP contribution in [0.2, 0.25) is 0 Å². The number of aliphatic hydroxyl groups is 1. The van der Waals surface area contributed by atoms with Crippen molar-refractivity contribution in [3.63, 3.8) is 0 Å². The molecule has 0 aromatic heterocycles. The van der Waals surface area contributed by atoms with Crippen LogP contribution in [-0.2, 0) is 4.74 Å². The second-order valence-corrected chi connectivity index (χ2v) is 5.21. The Kier molecular flexibility index (Phi) is 5.11. The maximum absolute atomic E-state index is 13.3. The predicted octanol–water partition coefficient (Wildman–Crippen LogP) is 2.72. The number of aliphatic hydroxyl groups excluding tert-OH is 1. The number of benzene rings is 1. The third-order valence-corrected chi connectivity index (χ3v) is 2.92. The standard InChI is InChI=1S/C14H22FNO2/c1-10-5-11(15)7-12(6-10)16-13(9-17)8-14(2,3)18-4/h5-7,13,16-17H,8-9H2,1-4H3. The van der Waals surface area contributed by atoms with E-state index in [1.807, 2.05) is 26.8 Å². The number of hydrogen-bond donors (Lipinski definition) is 2. The molecule has 1 atom stereocenters. The lowest BCUT2D eigenvalue weighted by molar-refractivity contribution is 0.00748. The van der Waals surface area contributed by atoms with Gasteiger partial charge < -0.3 is 15.2 Å². The van der Waals surface area contributed by atoms with Crippen LogP contribution in [0.15, 0.2) is 18.2 Å². The van der Waals surface area contributed by atoms with Gasteiger partial charge in [0.25, 0.3) is 0 Å². The van der Waals surface area contributed by atoms with E-state index in [1.165, 1.54) is 12.1 Å². The predicted molar refractivity (Wildman–Crippen MR) is 71.3 cm³/mol. The number of ether oxygens (including phenoxy) is 1. The molecule has 18 heavy (non-hydrogen) atoms. The van der Waals surface area contributed by atoms with Gasteiger partial charge in [0.1, 0.15) is 5.82 Å². The van der Waals surface area contributed by atoms with Gasteiger partial charge >= 0.3 is 0 Å². The Morgan fingerprint density at radius 2 is 2.06 bits per heavy atom. The van der Waals surface area contributed by atoms with Gasteiger partial charge in [0.2, 0.25) is 0 Å². The van der Waals surface area contributed by atoms with E-state index >= 15 is 0 Å². The Balaban J connectivity index is 2.73. The molecule has 0 amide bonds. The first-order chi connectivity index (χ1) is 8.36. The summed E-state index contributed by atoms with van der Waals surface area (Å²) < 4.78 is 18.6. The van der Waals surface area contributed by atoms with E-state index in [0.717, 1.165) is 5.56 Å². The summed E-state index contributed by atoms with van der Waals surface area (Å²) in [5.41, 5.74) is 1.20. The van der Waals surface area contributed by atoms with Crippen LogP contribution in [0.3, 0.4) is 0 Å². The zero-order valence-electron chi connectivity index (χ0n) is 11.5. The molecule has 0 spiro atoms. The summed E-state index contributed by atoms with van der Waals surface area (Å²) in [6.07, 6.45) is 0.634. The van der Waals surface area contributed by atoms with Crippen molar-refractivity contribution < 1.29 is 14.2 Å². The van der Waals surface area contributed by atoms with E-state index < -0.39 is 0 Å². The minimum absolute atomic E-state index is 0.0254. The second kappa shape index (κ2) is 6.16. The number of rotatable bonds is 6. The second-order valence-electron chi connectivity index (χ2n) is 5.21. The number of aryl methyl sites for hydroxylation is 1. The van der Waals surface area contributed by atoms with Gasteiger partial charge in [-0.25, -0.2) is 4.39 Å². The van der Waals surface area contributed by atoms with Crippen molar-refractivity contribution in [3.8, 4) is 0 Å². The average molecular weight is 255 g/mol. The fourth-order valence-electron chi connectivity index (χ4n) is 1.89. The van der Waals surface area contributed by atoms with Gasteiger partial charge in [-0.3, -0.25) is 0 Å². The molecule has 0 fully saturated rings. The van der Waals surface area contributed by atoms with E-state index in [0.29, 0.717) is 12.1 Å². The lowest BCUT2D eigenvalue weighted by atomic mass is 9.99. The summed E-state index contributed by atoms with van der Waals surface area (Å²) in [6.45, 7) is 5.71. The Labute approximate surface area is 108 Å². The van der Waals surface area contributed by atoms with Crippen molar-refractivity contribution in [2.24, 2.45) is 0 Å². The van der Waals surface area contributed by atoms with Gasteiger partial charge in [-0.05, 0) is 51.0 Å². The van der Waals surface area contributed by atoms with Crippen LogP contribution >= 0.6 is 0 Å². The molecule has 1 aromatic rings. The molecule has 1 aromatic carbocycles. The van der Waals surface area contributed by atoms with Crippen molar-refractivity contribution in [2.45, 2.75) is 38.8 Å². The van der Waals surface area contributed by atoms with Crippen LogP contribution in [-0.4, -0.2) is 30.5 Å². The fourth-order valence-corrected chi connectivity index (χ4v) is 1.89. The molecule has 2 N–H and O–H groups in total. The minimum Gasteiger partial charge on any atom is -0.394 e. The molecule has 0 aliphatic carbocycles. The normalized spacial score (nSPS) is 13.4. The molecule has 0 aliphatic heterocycles. The summed E-state index contributed by atoms with van der Waals surface area (Å²) >= 11 is 0. The van der Waals surface area contributed by atoms with Gasteiger partial charge in [-0.2, -0.15) is 0 Å². The molecular weight excluding hydrogens is 233 g/mol. The first kappa shape index (κ1) is 14.9. The lowest BCUT2D eigenvalue weighted by Gasteiger charge is -2.28. The van der Waals surface area contributed by atoms with Crippen molar-refractivity contribution in [1.29, 1.82) is 0 Å². The topological polar surface area (TPSA) is 41.5 Å². The zero-order valence-corrected chi connectivity index (χ0v) is 11.5. The molecule has 0 bridgehead atoms. The molecule has 0 heterocycles. The SMILES string of the molecule is COC(C)(C)CC(CO)Nc1cc(C)cc(F)c1. The Morgan fingerprint density at radius 3 is 2.56 bits per heavy atom. The molecule has 1 rings (SSSR count). The molecule has 3 nitrogen and oxygen atoms in total. The van der Waals surface area contributed by atoms with Crippen molar-refractivity contribution in [1.82, 2.24) is 0 Å². The van der Waals surface area contributed by atoms with Crippen molar-refractivity contribution in [3.05, 3.63) is 29.6 Å². The molecular formula is C14H22FNO2. The third-order valence-electron chi connectivity index (χ3n) is 2.92. The Morgan fingerprint density at radius 1 is 1.39 bits per heavy atom. The summed E-state index contributed by atoms with van der Waals surface area (Å²) in [7, 11) is 1.64. The Hall–Kier alpha value is -1.13. The first-order valence-electron chi connectivity index (χ1n) is 6.06. The van der Waals surface area contributed by atoms with Gasteiger partial charge in [-0.1, -0.05) is 0 Å². The number of methoxy groups -OCH3 is 1. The molecule has 0 aliphatic rings. The lowest BCUT2D eigenvalue weighted by Crippen LogP contribution is -2.35. The van der Waals surface area contributed by atoms with Crippen LogP contribution < -0.4 is 5.32 Å². The highest BCUT2D eigenvalue weighted by Crippen LogP contribution is 2.20. The van der Waals surface area contributed by atoms with E-state index in [1.54, 1.807) is 7.11 Å². The summed E-state index contributed by atoms with van der Waals surface area (Å²) in [6, 6.07) is 4.58. The summed E-state index contributed by atoms with van der Waals surface area (Å²) in [5.74, 6) is -0.278. The summed E-state index contributed by atoms with van der Waals surface area (Å²) in [5, 5.41) is 12.5. The van der Waals surface area contributed by atoms with Gasteiger partial charge in [0, 0.05) is 12.8 Å². The molecule has 102 valence electrons. The Bertz CT molecular complexity index is 373. The average Bonchev–Trinajstić information content (AvgIpc) is 2.26. The van der Waals surface area contributed by atoms with Crippen LogP contribution in [0.25, 0.3) is 0 Å². The smallest absolute Gasteiger partial charge is 0.125 e. The van der Waals surface area contributed by atoms with Crippen molar-refractivity contribution in [2.75, 3.05) is 19.0 Å². The molecule has 4 heteroatoms. The highest BCUT2D eigenvalue weighted by Gasteiger charge is 2.22. The van der Waals surface area contributed by atoms with E-state index in [2.05, 4.69) is 5.32 Å². The van der Waals surface area contributed by atoms with E-state index in [9.17, 15) is 9.50 Å². The van der Waals surface area contributed by atoms with E-state index in [-0.39, 0.29) is 24.1 Å². The number of halogens is 1. The first-order valence-corrected chi connectivity index (χ1v) is 6.06. The van der Waals surface area contributed by atoms with Gasteiger partial charge in [0.05, 0.1) is 18.2 Å². The maximum Gasteiger partial charge on any atom is 0.125 e. The molecule has 0 saturated carbocycles. The monoisotopic (exact) mass is 255 g/mol. The third kappa shape index (κ3) is 4.63. The van der Waals surface area contributed by atoms with E-state index in [4.69, 9.17) is 4.74 Å². The highest BCUT2D eigenvalue weighted by atomic mass is 19.1. The van der Waals surface area contributed by atoms with Crippen LogP contribution in [0, 0.1) is 12.7 Å². The number of nitrogens with one attached hydrogen (secondary N) is 1.